The molecule has 0 saturated heterocycles. The van der Waals surface area contributed by atoms with Crippen molar-refractivity contribution in [1.82, 2.24) is 0 Å². The zero-order chi connectivity index (χ0) is 11.9. The summed E-state index contributed by atoms with van der Waals surface area (Å²) in [4.78, 5) is 11.7. The van der Waals surface area contributed by atoms with Crippen molar-refractivity contribution in [3.63, 3.8) is 0 Å². The summed E-state index contributed by atoms with van der Waals surface area (Å²) in [6, 6.07) is 12.8. The van der Waals surface area contributed by atoms with Crippen molar-refractivity contribution >= 4 is 11.9 Å². The van der Waals surface area contributed by atoms with Gasteiger partial charge in [0.05, 0.1) is 6.26 Å². The first kappa shape index (κ1) is 11.1. The molecule has 1 aromatic heterocycles. The van der Waals surface area contributed by atoms with Gasteiger partial charge in [-0.15, -0.1) is 0 Å². The van der Waals surface area contributed by atoms with Crippen LogP contribution in [0.3, 0.4) is 0 Å². The van der Waals surface area contributed by atoms with Crippen molar-refractivity contribution in [1.29, 1.82) is 0 Å². The molecule has 0 saturated carbocycles. The SMILES string of the molecule is O=C(/C=C/C=C/c1ccco1)c1ccccc1. The van der Waals surface area contributed by atoms with Crippen LogP contribution in [0.1, 0.15) is 16.1 Å². The second-order valence-electron chi connectivity index (χ2n) is 3.46. The lowest BCUT2D eigenvalue weighted by Crippen LogP contribution is -1.92. The Balaban J connectivity index is 1.96. The summed E-state index contributed by atoms with van der Waals surface area (Å²) >= 11 is 0. The van der Waals surface area contributed by atoms with Crippen LogP contribution in [0, 0.1) is 0 Å². The summed E-state index contributed by atoms with van der Waals surface area (Å²) in [5, 5.41) is 0. The molecule has 1 aromatic carbocycles. The fourth-order valence-electron chi connectivity index (χ4n) is 1.38. The van der Waals surface area contributed by atoms with Gasteiger partial charge < -0.3 is 4.42 Å². The number of benzene rings is 1. The van der Waals surface area contributed by atoms with E-state index in [1.165, 1.54) is 6.08 Å². The molecule has 0 spiro atoms. The summed E-state index contributed by atoms with van der Waals surface area (Å²) in [6.45, 7) is 0. The first-order valence-electron chi connectivity index (χ1n) is 5.34. The van der Waals surface area contributed by atoms with E-state index < -0.39 is 0 Å². The van der Waals surface area contributed by atoms with Crippen molar-refractivity contribution in [2.75, 3.05) is 0 Å². The Morgan fingerprint density at radius 1 is 1.00 bits per heavy atom. The Hall–Kier alpha value is -2.35. The lowest BCUT2D eigenvalue weighted by molar-refractivity contribution is 0.104. The Bertz CT molecular complexity index is 519. The average molecular weight is 224 g/mol. The molecular weight excluding hydrogens is 212 g/mol. The molecule has 0 fully saturated rings. The highest BCUT2D eigenvalue weighted by molar-refractivity contribution is 6.04. The molecule has 0 unspecified atom stereocenters. The molecule has 0 atom stereocenters. The van der Waals surface area contributed by atoms with E-state index in [-0.39, 0.29) is 5.78 Å². The molecule has 2 nitrogen and oxygen atoms in total. The van der Waals surface area contributed by atoms with Gasteiger partial charge in [0.1, 0.15) is 5.76 Å². The largest absolute Gasteiger partial charge is 0.465 e. The van der Waals surface area contributed by atoms with Crippen LogP contribution in [0.4, 0.5) is 0 Å². The van der Waals surface area contributed by atoms with Gasteiger partial charge in [-0.2, -0.15) is 0 Å². The lowest BCUT2D eigenvalue weighted by atomic mass is 10.1. The Morgan fingerprint density at radius 2 is 1.82 bits per heavy atom. The normalized spacial score (nSPS) is 11.3. The second kappa shape index (κ2) is 5.66. The first-order valence-corrected chi connectivity index (χ1v) is 5.34. The van der Waals surface area contributed by atoms with Crippen LogP contribution in [0.2, 0.25) is 0 Å². The monoisotopic (exact) mass is 224 g/mol. The van der Waals surface area contributed by atoms with Gasteiger partial charge in [-0.3, -0.25) is 4.79 Å². The third-order valence-corrected chi connectivity index (χ3v) is 2.22. The standard InChI is InChI=1S/C15H12O2/c16-15(13-7-2-1-3-8-13)11-5-4-9-14-10-6-12-17-14/h1-12H/b9-4+,11-5+. The van der Waals surface area contributed by atoms with E-state index in [1.807, 2.05) is 30.3 Å². The van der Waals surface area contributed by atoms with E-state index in [0.717, 1.165) is 5.76 Å². The number of carbonyl (C=O) groups is 1. The maximum Gasteiger partial charge on any atom is 0.185 e. The maximum atomic E-state index is 11.7. The van der Waals surface area contributed by atoms with E-state index in [4.69, 9.17) is 4.42 Å². The van der Waals surface area contributed by atoms with Gasteiger partial charge in [0, 0.05) is 5.56 Å². The molecule has 0 aliphatic heterocycles. The third-order valence-electron chi connectivity index (χ3n) is 2.22. The van der Waals surface area contributed by atoms with E-state index >= 15 is 0 Å². The van der Waals surface area contributed by atoms with Crippen molar-refractivity contribution in [2.24, 2.45) is 0 Å². The van der Waals surface area contributed by atoms with Crippen LogP contribution in [0.15, 0.2) is 71.4 Å². The van der Waals surface area contributed by atoms with Gasteiger partial charge >= 0.3 is 0 Å². The zero-order valence-corrected chi connectivity index (χ0v) is 9.24. The Labute approximate surface area is 99.9 Å². The average Bonchev–Trinajstić information content (AvgIpc) is 2.88. The van der Waals surface area contributed by atoms with Gasteiger partial charge in [0.15, 0.2) is 5.78 Å². The molecule has 1 heterocycles. The van der Waals surface area contributed by atoms with Crippen LogP contribution in [-0.4, -0.2) is 5.78 Å². The first-order chi connectivity index (χ1) is 8.36. The summed E-state index contributed by atoms with van der Waals surface area (Å²) in [5.41, 5.74) is 0.690. The van der Waals surface area contributed by atoms with Crippen LogP contribution < -0.4 is 0 Å². The van der Waals surface area contributed by atoms with E-state index in [2.05, 4.69) is 0 Å². The minimum Gasteiger partial charge on any atom is -0.465 e. The fraction of sp³-hybridized carbons (Fsp3) is 0. The van der Waals surface area contributed by atoms with Crippen molar-refractivity contribution < 1.29 is 9.21 Å². The summed E-state index contributed by atoms with van der Waals surface area (Å²) in [7, 11) is 0. The molecule has 0 radical (unpaired) electrons. The topological polar surface area (TPSA) is 30.2 Å². The van der Waals surface area contributed by atoms with E-state index in [9.17, 15) is 4.79 Å². The van der Waals surface area contributed by atoms with Gasteiger partial charge in [-0.1, -0.05) is 42.5 Å². The minimum absolute atomic E-state index is 0.00491. The molecule has 2 heteroatoms. The molecular formula is C15H12O2. The number of furan rings is 1. The zero-order valence-electron chi connectivity index (χ0n) is 9.24. The highest BCUT2D eigenvalue weighted by Gasteiger charge is 1.97. The highest BCUT2D eigenvalue weighted by atomic mass is 16.3. The molecule has 0 aliphatic carbocycles. The van der Waals surface area contributed by atoms with E-state index in [1.54, 1.807) is 36.6 Å². The number of rotatable bonds is 4. The van der Waals surface area contributed by atoms with Gasteiger partial charge in [-0.25, -0.2) is 0 Å². The predicted octanol–water partition coefficient (Wildman–Crippen LogP) is 3.73. The minimum atomic E-state index is -0.00491. The third kappa shape index (κ3) is 3.31. The molecule has 84 valence electrons. The van der Waals surface area contributed by atoms with Gasteiger partial charge in [-0.05, 0) is 24.3 Å². The molecule has 0 bridgehead atoms. The maximum absolute atomic E-state index is 11.7. The van der Waals surface area contributed by atoms with Gasteiger partial charge in [0.25, 0.3) is 0 Å². The second-order valence-corrected chi connectivity index (χ2v) is 3.46. The summed E-state index contributed by atoms with van der Waals surface area (Å²) < 4.78 is 5.12. The van der Waals surface area contributed by atoms with Crippen molar-refractivity contribution in [3.05, 3.63) is 78.3 Å². The number of hydrogen-bond donors (Lipinski definition) is 0. The van der Waals surface area contributed by atoms with Gasteiger partial charge in [0.2, 0.25) is 0 Å². The van der Waals surface area contributed by atoms with Crippen LogP contribution in [-0.2, 0) is 0 Å². The number of carbonyl (C=O) groups excluding carboxylic acids is 1. The van der Waals surface area contributed by atoms with Crippen molar-refractivity contribution in [3.8, 4) is 0 Å². The number of hydrogen-bond acceptors (Lipinski definition) is 2. The number of ketones is 1. The molecule has 17 heavy (non-hydrogen) atoms. The number of allylic oxidation sites excluding steroid dienone is 3. The van der Waals surface area contributed by atoms with Crippen LogP contribution in [0.25, 0.3) is 6.08 Å². The lowest BCUT2D eigenvalue weighted by Gasteiger charge is -1.92. The fourth-order valence-corrected chi connectivity index (χ4v) is 1.38. The summed E-state index contributed by atoms with van der Waals surface area (Å²) in [5.74, 6) is 0.761. The highest BCUT2D eigenvalue weighted by Crippen LogP contribution is 2.03. The predicted molar refractivity (Wildman–Crippen MR) is 67.7 cm³/mol. The molecule has 0 aliphatic rings. The van der Waals surface area contributed by atoms with Crippen LogP contribution in [0.5, 0.6) is 0 Å². The Morgan fingerprint density at radius 3 is 2.53 bits per heavy atom. The Kier molecular flexibility index (Phi) is 3.71. The molecule has 2 aromatic rings. The summed E-state index contributed by atoms with van der Waals surface area (Å²) in [6.07, 6.45) is 8.43. The van der Waals surface area contributed by atoms with Crippen molar-refractivity contribution in [2.45, 2.75) is 0 Å². The van der Waals surface area contributed by atoms with E-state index in [0.29, 0.717) is 5.56 Å². The quantitative estimate of drug-likeness (QED) is 0.450. The van der Waals surface area contributed by atoms with Crippen LogP contribution >= 0.6 is 0 Å². The molecule has 0 N–H and O–H groups in total. The smallest absolute Gasteiger partial charge is 0.185 e. The molecule has 0 amide bonds. The molecule has 2 rings (SSSR count).